The summed E-state index contributed by atoms with van der Waals surface area (Å²) in [6.45, 7) is 2.06. The van der Waals surface area contributed by atoms with Crippen molar-refractivity contribution in [3.63, 3.8) is 0 Å². The van der Waals surface area contributed by atoms with Gasteiger partial charge in [-0.2, -0.15) is 0 Å². The molecule has 0 aliphatic carbocycles. The van der Waals surface area contributed by atoms with E-state index in [0.29, 0.717) is 23.2 Å². The van der Waals surface area contributed by atoms with Gasteiger partial charge in [0.25, 0.3) is 0 Å². The minimum Gasteiger partial charge on any atom is -0.441 e. The van der Waals surface area contributed by atoms with Crippen molar-refractivity contribution in [2.75, 3.05) is 5.32 Å². The van der Waals surface area contributed by atoms with E-state index in [2.05, 4.69) is 46.5 Å². The quantitative estimate of drug-likeness (QED) is 0.433. The highest BCUT2D eigenvalue weighted by molar-refractivity contribution is 7.15. The lowest BCUT2D eigenvalue weighted by atomic mass is 10.1. The second kappa shape index (κ2) is 9.00. The Kier molecular flexibility index (Phi) is 5.99. The van der Waals surface area contributed by atoms with Gasteiger partial charge < -0.3 is 9.73 Å². The van der Waals surface area contributed by atoms with Crippen LogP contribution in [-0.4, -0.2) is 15.9 Å². The monoisotopic (exact) mass is 421 g/mol. The number of nitrogens with zero attached hydrogens (tertiary/aromatic N) is 2. The maximum absolute atomic E-state index is 13.0. The van der Waals surface area contributed by atoms with E-state index in [4.69, 9.17) is 4.42 Å². The molecule has 1 N–H and O–H groups in total. The highest BCUT2D eigenvalue weighted by Gasteiger charge is 2.11. The summed E-state index contributed by atoms with van der Waals surface area (Å²) in [5.41, 5.74) is 3.18. The van der Waals surface area contributed by atoms with E-state index in [9.17, 15) is 9.18 Å². The van der Waals surface area contributed by atoms with Crippen LogP contribution < -0.4 is 5.32 Å². The highest BCUT2D eigenvalue weighted by atomic mass is 32.1. The van der Waals surface area contributed by atoms with Gasteiger partial charge in [0.1, 0.15) is 5.82 Å². The Balaban J connectivity index is 1.28. The van der Waals surface area contributed by atoms with Crippen LogP contribution in [0.15, 0.2) is 65.3 Å². The predicted molar refractivity (Wildman–Crippen MR) is 115 cm³/mol. The number of hydrogen-bond donors (Lipinski definition) is 1. The van der Waals surface area contributed by atoms with E-state index in [1.165, 1.54) is 34.6 Å². The largest absolute Gasteiger partial charge is 0.441 e. The second-order valence-electron chi connectivity index (χ2n) is 6.97. The van der Waals surface area contributed by atoms with Crippen molar-refractivity contribution in [1.82, 2.24) is 9.97 Å². The van der Waals surface area contributed by atoms with Gasteiger partial charge >= 0.3 is 0 Å². The first-order chi connectivity index (χ1) is 14.5. The molecule has 30 heavy (non-hydrogen) atoms. The van der Waals surface area contributed by atoms with Gasteiger partial charge in [0.05, 0.1) is 6.20 Å². The van der Waals surface area contributed by atoms with Gasteiger partial charge in [0.2, 0.25) is 5.91 Å². The van der Waals surface area contributed by atoms with E-state index < -0.39 is 0 Å². The first-order valence-corrected chi connectivity index (χ1v) is 10.4. The number of thiazole rings is 1. The Labute approximate surface area is 177 Å². The molecule has 2 heterocycles. The normalized spacial score (nSPS) is 10.9. The number of anilines is 1. The van der Waals surface area contributed by atoms with Crippen molar-refractivity contribution in [3.8, 4) is 11.3 Å². The van der Waals surface area contributed by atoms with Crippen molar-refractivity contribution in [2.24, 2.45) is 0 Å². The summed E-state index contributed by atoms with van der Waals surface area (Å²) in [6, 6.07) is 14.4. The van der Waals surface area contributed by atoms with Crippen LogP contribution >= 0.6 is 11.3 Å². The summed E-state index contributed by atoms with van der Waals surface area (Å²) < 4.78 is 18.7. The maximum Gasteiger partial charge on any atom is 0.226 e. The zero-order valence-corrected chi connectivity index (χ0v) is 17.2. The number of benzene rings is 2. The van der Waals surface area contributed by atoms with Crippen LogP contribution in [0.1, 0.15) is 28.3 Å². The number of oxazole rings is 1. The number of halogens is 1. The highest BCUT2D eigenvalue weighted by Crippen LogP contribution is 2.23. The summed E-state index contributed by atoms with van der Waals surface area (Å²) in [6.07, 6.45) is 4.77. The third-order valence-corrected chi connectivity index (χ3v) is 5.46. The number of amides is 1. The molecule has 152 valence electrons. The van der Waals surface area contributed by atoms with Gasteiger partial charge in [-0.3, -0.25) is 4.79 Å². The molecule has 0 saturated carbocycles. The summed E-state index contributed by atoms with van der Waals surface area (Å²) >= 11 is 1.47. The van der Waals surface area contributed by atoms with Crippen LogP contribution in [0.5, 0.6) is 0 Å². The number of aryl methyl sites for hydroxylation is 2. The van der Waals surface area contributed by atoms with Crippen LogP contribution in [0.25, 0.3) is 11.3 Å². The number of aromatic nitrogens is 2. The van der Waals surface area contributed by atoms with Crippen molar-refractivity contribution in [3.05, 3.63) is 88.6 Å². The molecule has 0 radical (unpaired) electrons. The first kappa shape index (κ1) is 20.0. The van der Waals surface area contributed by atoms with Crippen molar-refractivity contribution in [1.29, 1.82) is 0 Å². The fraction of sp³-hybridized carbons (Fsp3) is 0.174. The van der Waals surface area contributed by atoms with Gasteiger partial charge in [-0.15, -0.1) is 11.3 Å². The number of rotatable bonds is 7. The lowest BCUT2D eigenvalue weighted by molar-refractivity contribution is -0.116. The number of carbonyl (C=O) groups excluding carboxylic acids is 1. The van der Waals surface area contributed by atoms with Gasteiger partial charge in [-0.05, 0) is 36.8 Å². The van der Waals surface area contributed by atoms with Crippen LogP contribution in [-0.2, 0) is 17.6 Å². The average molecular weight is 421 g/mol. The smallest absolute Gasteiger partial charge is 0.226 e. The zero-order chi connectivity index (χ0) is 20.9. The average Bonchev–Trinajstić information content (AvgIpc) is 3.38. The zero-order valence-electron chi connectivity index (χ0n) is 16.4. The lowest BCUT2D eigenvalue weighted by Gasteiger charge is -2.00. The van der Waals surface area contributed by atoms with E-state index in [-0.39, 0.29) is 18.1 Å². The molecule has 2 aromatic carbocycles. The Morgan fingerprint density at radius 1 is 1.07 bits per heavy atom. The first-order valence-electron chi connectivity index (χ1n) is 9.56. The SMILES string of the molecule is Cc1ccc(Cc2cnc(NC(=O)CCc3ncc(-c4ccc(F)cc4)o3)s2)cc1. The van der Waals surface area contributed by atoms with Gasteiger partial charge in [0, 0.05) is 35.9 Å². The molecule has 2 aromatic heterocycles. The van der Waals surface area contributed by atoms with Crippen LogP contribution in [0, 0.1) is 12.7 Å². The molecule has 0 spiro atoms. The third-order valence-electron chi connectivity index (χ3n) is 4.55. The molecular weight excluding hydrogens is 401 g/mol. The summed E-state index contributed by atoms with van der Waals surface area (Å²) in [5.74, 6) is 0.557. The van der Waals surface area contributed by atoms with E-state index in [1.807, 2.05) is 0 Å². The second-order valence-corrected chi connectivity index (χ2v) is 8.08. The molecule has 0 bridgehead atoms. The van der Waals surface area contributed by atoms with E-state index in [1.54, 1.807) is 24.5 Å². The molecular formula is C23H20FN3O2S. The van der Waals surface area contributed by atoms with E-state index in [0.717, 1.165) is 16.9 Å². The molecule has 5 nitrogen and oxygen atoms in total. The standard InChI is InChI=1S/C23H20FN3O2S/c1-15-2-4-16(5-3-15)12-19-13-26-23(30-19)27-21(28)10-11-22-25-14-20(29-22)17-6-8-18(24)9-7-17/h2-9,13-14H,10-12H2,1H3,(H,26,27,28). The van der Waals surface area contributed by atoms with E-state index >= 15 is 0 Å². The molecule has 0 unspecified atom stereocenters. The molecule has 0 atom stereocenters. The van der Waals surface area contributed by atoms with Crippen LogP contribution in [0.4, 0.5) is 9.52 Å². The summed E-state index contributed by atoms with van der Waals surface area (Å²) in [5, 5.41) is 3.41. The molecule has 7 heteroatoms. The topological polar surface area (TPSA) is 68.0 Å². The Bertz CT molecular complexity index is 1130. The maximum atomic E-state index is 13.0. The summed E-state index contributed by atoms with van der Waals surface area (Å²) in [7, 11) is 0. The Morgan fingerprint density at radius 2 is 1.83 bits per heavy atom. The Hall–Kier alpha value is -3.32. The van der Waals surface area contributed by atoms with Crippen molar-refractivity contribution in [2.45, 2.75) is 26.2 Å². The van der Waals surface area contributed by atoms with Gasteiger partial charge in [-0.1, -0.05) is 29.8 Å². The predicted octanol–water partition coefficient (Wildman–Crippen LogP) is 5.41. The van der Waals surface area contributed by atoms with Gasteiger partial charge in [-0.25, -0.2) is 14.4 Å². The number of hydrogen-bond acceptors (Lipinski definition) is 5. The Morgan fingerprint density at radius 3 is 2.60 bits per heavy atom. The molecule has 4 aromatic rings. The molecule has 1 amide bonds. The minimum absolute atomic E-state index is 0.146. The van der Waals surface area contributed by atoms with Crippen LogP contribution in [0.3, 0.4) is 0 Å². The minimum atomic E-state index is -0.306. The molecule has 0 fully saturated rings. The van der Waals surface area contributed by atoms with Gasteiger partial charge in [0.15, 0.2) is 16.8 Å². The molecule has 0 aliphatic heterocycles. The summed E-state index contributed by atoms with van der Waals surface area (Å²) in [4.78, 5) is 21.8. The molecule has 0 saturated heterocycles. The molecule has 4 rings (SSSR count). The van der Waals surface area contributed by atoms with Crippen molar-refractivity contribution >= 4 is 22.4 Å². The fourth-order valence-corrected chi connectivity index (χ4v) is 3.79. The van der Waals surface area contributed by atoms with Crippen molar-refractivity contribution < 1.29 is 13.6 Å². The fourth-order valence-electron chi connectivity index (χ4n) is 2.93. The number of nitrogens with one attached hydrogen (secondary N) is 1. The van der Waals surface area contributed by atoms with Crippen LogP contribution in [0.2, 0.25) is 0 Å². The third kappa shape index (κ3) is 5.18. The number of carbonyl (C=O) groups is 1. The molecule has 0 aliphatic rings. The lowest BCUT2D eigenvalue weighted by Crippen LogP contribution is -2.12.